The van der Waals surface area contributed by atoms with Crippen molar-refractivity contribution in [3.8, 4) is 22.3 Å². The maximum Gasteiger partial charge on any atom is 0.329 e. The van der Waals surface area contributed by atoms with Crippen molar-refractivity contribution in [2.75, 3.05) is 4.90 Å². The zero-order chi connectivity index (χ0) is 45.7. The van der Waals surface area contributed by atoms with Crippen molar-refractivity contribution in [2.24, 2.45) is 0 Å². The predicted molar refractivity (Wildman–Crippen MR) is 285 cm³/mol. The van der Waals surface area contributed by atoms with Gasteiger partial charge in [0.05, 0.1) is 5.69 Å². The second-order valence-corrected chi connectivity index (χ2v) is 23.1. The van der Waals surface area contributed by atoms with E-state index in [2.05, 4.69) is 217 Å². The Hall–Kier alpha value is -6.78. The quantitative estimate of drug-likeness (QED) is 0.161. The molecular weight excluding hydrogens is 812 g/mol. The fraction of sp³-hybridized carbons (Fsp3) is 0.238. The van der Waals surface area contributed by atoms with Gasteiger partial charge >= 0.3 is 6.85 Å². The van der Waals surface area contributed by atoms with Crippen LogP contribution in [0.5, 0.6) is 0 Å². The highest BCUT2D eigenvalue weighted by atomic mass is 16.3. The maximum absolute atomic E-state index is 7.19. The molecule has 0 spiro atoms. The van der Waals surface area contributed by atoms with Gasteiger partial charge in [-0.15, -0.1) is 0 Å². The lowest BCUT2D eigenvalue weighted by atomic mass is 9.40. The molecule has 326 valence electrons. The minimum atomic E-state index is -0.345. The van der Waals surface area contributed by atoms with Crippen molar-refractivity contribution in [1.82, 2.24) is 4.48 Å². The van der Waals surface area contributed by atoms with Crippen molar-refractivity contribution >= 4 is 83.9 Å². The molecule has 8 aromatic carbocycles. The first kappa shape index (κ1) is 39.4. The highest BCUT2D eigenvalue weighted by Crippen LogP contribution is 2.61. The number of aromatic nitrogens is 1. The lowest BCUT2D eigenvalue weighted by molar-refractivity contribution is 0.331. The second-order valence-electron chi connectivity index (χ2n) is 23.1. The first-order valence-electron chi connectivity index (χ1n) is 24.5. The van der Waals surface area contributed by atoms with Gasteiger partial charge in [0.1, 0.15) is 11.2 Å². The predicted octanol–water partition coefficient (Wildman–Crippen LogP) is 16.3. The van der Waals surface area contributed by atoms with E-state index in [0.29, 0.717) is 0 Å². The Labute approximate surface area is 393 Å². The molecule has 0 saturated heterocycles. The molecule has 2 aliphatic heterocycles. The Morgan fingerprint density at radius 2 is 1.24 bits per heavy atom. The molecule has 0 amide bonds. The Morgan fingerprint density at radius 1 is 0.552 bits per heavy atom. The molecule has 0 bridgehead atoms. The van der Waals surface area contributed by atoms with Gasteiger partial charge in [-0.25, -0.2) is 0 Å². The summed E-state index contributed by atoms with van der Waals surface area (Å²) in [4.78, 5) is 2.73. The number of hydrogen-bond acceptors (Lipinski definition) is 2. The Balaban J connectivity index is 1.21. The van der Waals surface area contributed by atoms with Gasteiger partial charge in [-0.1, -0.05) is 165 Å². The van der Waals surface area contributed by atoms with Crippen LogP contribution >= 0.6 is 0 Å². The van der Waals surface area contributed by atoms with E-state index in [-0.39, 0.29) is 28.5 Å². The number of rotatable bonds is 2. The van der Waals surface area contributed by atoms with Gasteiger partial charge in [-0.05, 0) is 121 Å². The van der Waals surface area contributed by atoms with E-state index in [1.807, 2.05) is 0 Å². The van der Waals surface area contributed by atoms with Crippen LogP contribution in [0.3, 0.4) is 0 Å². The number of furan rings is 1. The normalized spacial score (nSPS) is 17.4. The number of fused-ring (bicyclic) bond motifs is 14. The lowest BCUT2D eigenvalue weighted by Gasteiger charge is -2.43. The van der Waals surface area contributed by atoms with Crippen molar-refractivity contribution in [1.29, 1.82) is 0 Å². The van der Waals surface area contributed by atoms with Crippen LogP contribution in [0.15, 0.2) is 155 Å². The van der Waals surface area contributed by atoms with E-state index in [9.17, 15) is 0 Å². The van der Waals surface area contributed by atoms with Crippen LogP contribution in [-0.2, 0) is 21.7 Å². The van der Waals surface area contributed by atoms with Crippen molar-refractivity contribution in [3.63, 3.8) is 0 Å². The van der Waals surface area contributed by atoms with Gasteiger partial charge in [0.15, 0.2) is 0 Å². The van der Waals surface area contributed by atoms with Gasteiger partial charge in [0.2, 0.25) is 0 Å². The monoisotopic (exact) mass is 866 g/mol. The molecule has 0 radical (unpaired) electrons. The molecule has 0 fully saturated rings. The van der Waals surface area contributed by atoms with E-state index >= 15 is 0 Å². The maximum atomic E-state index is 7.19. The average Bonchev–Trinajstić information content (AvgIpc) is 3.93. The van der Waals surface area contributed by atoms with E-state index in [1.54, 1.807) is 0 Å². The van der Waals surface area contributed by atoms with Crippen LogP contribution in [-0.4, -0.2) is 11.3 Å². The number of anilines is 2. The van der Waals surface area contributed by atoms with E-state index in [1.165, 1.54) is 117 Å². The van der Waals surface area contributed by atoms with Crippen molar-refractivity contribution in [3.05, 3.63) is 179 Å². The second kappa shape index (κ2) is 12.8. The molecule has 0 unspecified atom stereocenters. The summed E-state index contributed by atoms with van der Waals surface area (Å²) < 4.78 is 9.95. The minimum Gasteiger partial charge on any atom is -0.455 e. The van der Waals surface area contributed by atoms with E-state index < -0.39 is 0 Å². The summed E-state index contributed by atoms with van der Waals surface area (Å²) in [6.07, 6.45) is 2.34. The Bertz CT molecular complexity index is 3890. The molecule has 4 aliphatic rings. The number of para-hydroxylation sites is 2. The minimum absolute atomic E-state index is 0.0387. The summed E-state index contributed by atoms with van der Waals surface area (Å²) in [6, 6.07) is 55.8. The lowest BCUT2D eigenvalue weighted by Crippen LogP contribution is -2.52. The van der Waals surface area contributed by atoms with Crippen molar-refractivity contribution in [2.45, 2.75) is 96.8 Å². The highest BCUT2D eigenvalue weighted by Gasteiger charge is 2.55. The van der Waals surface area contributed by atoms with Gasteiger partial charge in [-0.2, -0.15) is 0 Å². The molecule has 4 heterocycles. The van der Waals surface area contributed by atoms with Crippen LogP contribution in [0.4, 0.5) is 11.4 Å². The number of hydrogen-bond donors (Lipinski definition) is 0. The Kier molecular flexibility index (Phi) is 7.53. The molecule has 2 aromatic heterocycles. The van der Waals surface area contributed by atoms with Crippen molar-refractivity contribution < 1.29 is 4.42 Å². The third-order valence-corrected chi connectivity index (χ3v) is 17.0. The van der Waals surface area contributed by atoms with Crippen LogP contribution in [0.25, 0.3) is 82.5 Å². The third kappa shape index (κ3) is 5.09. The largest absolute Gasteiger partial charge is 0.455 e. The molecule has 2 aliphatic carbocycles. The zero-order valence-electron chi connectivity index (χ0n) is 40.2. The van der Waals surface area contributed by atoms with Gasteiger partial charge < -0.3 is 13.8 Å². The fourth-order valence-corrected chi connectivity index (χ4v) is 13.3. The summed E-state index contributed by atoms with van der Waals surface area (Å²) in [5.41, 5.74) is 22.8. The number of benzene rings is 8. The smallest absolute Gasteiger partial charge is 0.329 e. The third-order valence-electron chi connectivity index (χ3n) is 17.0. The first-order valence-corrected chi connectivity index (χ1v) is 24.5. The summed E-state index contributed by atoms with van der Waals surface area (Å²) in [5.74, 6) is 0. The van der Waals surface area contributed by atoms with Crippen LogP contribution < -0.4 is 10.4 Å². The molecule has 14 rings (SSSR count). The Morgan fingerprint density at radius 3 is 2.00 bits per heavy atom. The zero-order valence-corrected chi connectivity index (χ0v) is 40.2. The number of nitrogens with zero attached hydrogens (tertiary/aromatic N) is 2. The molecule has 3 nitrogen and oxygen atoms in total. The van der Waals surface area contributed by atoms with Crippen LogP contribution in [0, 0.1) is 0 Å². The molecule has 10 aromatic rings. The van der Waals surface area contributed by atoms with Gasteiger partial charge in [0.25, 0.3) is 0 Å². The molecule has 4 heteroatoms. The standard InChI is InChI=1S/C63H55BN2O/c1-60(2,3)39-26-27-50(43(32-39)36-18-11-10-12-19-36)65-52-34-45-40-22-15-16-25-53(40)67-58(45)54-42-24-17-23-41-44-30-37-20-13-14-21-38(37)31-51(44)66(56(41)42)64(55(52)54)59-57(65)46-33-48-49(35-47(46)63(59,8)9)62(6,7)29-28-61(48,4)5/h10-27,30-35H,28-29H2,1-9H3. The molecule has 0 N–H and O–H groups in total. The average molecular weight is 867 g/mol. The summed E-state index contributed by atoms with van der Waals surface area (Å²) >= 11 is 0. The van der Waals surface area contributed by atoms with Crippen LogP contribution in [0.1, 0.15) is 103 Å². The molecule has 67 heavy (non-hydrogen) atoms. The number of allylic oxidation sites excluding steroid dienone is 1. The van der Waals surface area contributed by atoms with E-state index in [0.717, 1.165) is 28.4 Å². The van der Waals surface area contributed by atoms with Gasteiger partial charge in [0, 0.05) is 71.6 Å². The first-order chi connectivity index (χ1) is 32.1. The molecular formula is C63H55BN2O. The summed E-state index contributed by atoms with van der Waals surface area (Å²) in [5, 5.41) is 7.42. The van der Waals surface area contributed by atoms with Crippen LogP contribution in [0.2, 0.25) is 0 Å². The molecule has 0 saturated carbocycles. The SMILES string of the molecule is CC(C)(C)c1ccc(N2C3=C(B4c5c2cc2c(oc6ccccc62)c5-c2cccc5c6cc7ccccc7cc6n4c25)C(C)(C)c2cc4c(cc23)C(C)(C)CCC4(C)C)c(-c2ccccc2)c1. The topological polar surface area (TPSA) is 21.3 Å². The summed E-state index contributed by atoms with van der Waals surface area (Å²) in [7, 11) is 0. The fourth-order valence-electron chi connectivity index (χ4n) is 13.3. The highest BCUT2D eigenvalue weighted by molar-refractivity contribution is 6.86. The van der Waals surface area contributed by atoms with Gasteiger partial charge in [-0.3, -0.25) is 0 Å². The molecule has 0 atom stereocenters. The summed E-state index contributed by atoms with van der Waals surface area (Å²) in [6.45, 7) is 21.9. The van der Waals surface area contributed by atoms with E-state index in [4.69, 9.17) is 4.42 Å².